The van der Waals surface area contributed by atoms with Gasteiger partial charge in [-0.3, -0.25) is 4.79 Å². The van der Waals surface area contributed by atoms with E-state index in [2.05, 4.69) is 5.32 Å². The van der Waals surface area contributed by atoms with Crippen LogP contribution in [0.5, 0.6) is 5.75 Å². The molecule has 0 fully saturated rings. The number of rotatable bonds is 7. The average Bonchev–Trinajstić information content (AvgIpc) is 3.28. The third-order valence-corrected chi connectivity index (χ3v) is 4.83. The highest BCUT2D eigenvalue weighted by molar-refractivity contribution is 7.18. The zero-order chi connectivity index (χ0) is 20.1. The maximum Gasteiger partial charge on any atom is 0.348 e. The van der Waals surface area contributed by atoms with Gasteiger partial charge in [-0.2, -0.15) is 0 Å². The van der Waals surface area contributed by atoms with E-state index in [-0.39, 0.29) is 24.8 Å². The Balaban J connectivity index is 1.60. The van der Waals surface area contributed by atoms with E-state index in [1.807, 2.05) is 0 Å². The second kappa shape index (κ2) is 8.71. The lowest BCUT2D eigenvalue weighted by molar-refractivity contribution is 0.0531. The zero-order valence-corrected chi connectivity index (χ0v) is 16.1. The van der Waals surface area contributed by atoms with Crippen LogP contribution >= 0.6 is 11.3 Å². The highest BCUT2D eigenvalue weighted by atomic mass is 32.1. The molecule has 1 amide bonds. The number of benzene rings is 1. The Morgan fingerprint density at radius 2 is 1.93 bits per heavy atom. The summed E-state index contributed by atoms with van der Waals surface area (Å²) in [5.41, 5.74) is 0.728. The minimum atomic E-state index is -0.440. The third-order valence-electron chi connectivity index (χ3n) is 3.70. The Kier molecular flexibility index (Phi) is 6.10. The minimum Gasteiger partial charge on any atom is -0.486 e. The molecule has 146 valence electrons. The zero-order valence-electron chi connectivity index (χ0n) is 15.3. The first-order chi connectivity index (χ1) is 13.5. The molecular weight excluding hydrogens is 385 g/mol. The molecular formula is C20H18FNO5S. The van der Waals surface area contributed by atoms with Crippen molar-refractivity contribution in [1.82, 2.24) is 0 Å². The first kappa shape index (κ1) is 19.6. The highest BCUT2D eigenvalue weighted by Gasteiger charge is 2.18. The van der Waals surface area contributed by atoms with Gasteiger partial charge < -0.3 is 19.2 Å². The first-order valence-electron chi connectivity index (χ1n) is 8.52. The monoisotopic (exact) mass is 403 g/mol. The summed E-state index contributed by atoms with van der Waals surface area (Å²) >= 11 is 1.14. The third kappa shape index (κ3) is 4.77. The van der Waals surface area contributed by atoms with Crippen molar-refractivity contribution >= 4 is 28.2 Å². The number of amides is 1. The predicted octanol–water partition coefficient (Wildman–Crippen LogP) is 4.80. The molecule has 6 nitrogen and oxygen atoms in total. The van der Waals surface area contributed by atoms with Crippen LogP contribution in [-0.4, -0.2) is 18.5 Å². The van der Waals surface area contributed by atoms with Crippen LogP contribution in [0.1, 0.15) is 38.5 Å². The summed E-state index contributed by atoms with van der Waals surface area (Å²) in [6.45, 7) is 3.89. The van der Waals surface area contributed by atoms with E-state index in [9.17, 15) is 14.0 Å². The number of halogens is 1. The molecule has 3 rings (SSSR count). The van der Waals surface area contributed by atoms with Crippen molar-refractivity contribution in [1.29, 1.82) is 0 Å². The number of hydrogen-bond donors (Lipinski definition) is 1. The molecule has 0 bridgehead atoms. The van der Waals surface area contributed by atoms with E-state index in [0.29, 0.717) is 21.4 Å². The van der Waals surface area contributed by atoms with Gasteiger partial charge in [0.05, 0.1) is 11.6 Å². The van der Waals surface area contributed by atoms with E-state index in [4.69, 9.17) is 13.9 Å². The molecule has 0 saturated carbocycles. The maximum absolute atomic E-state index is 12.9. The molecule has 8 heteroatoms. The normalized spacial score (nSPS) is 10.5. The molecule has 2 aromatic heterocycles. The Morgan fingerprint density at radius 3 is 2.64 bits per heavy atom. The van der Waals surface area contributed by atoms with Gasteiger partial charge in [0.2, 0.25) is 0 Å². The fourth-order valence-corrected chi connectivity index (χ4v) is 3.34. The van der Waals surface area contributed by atoms with Crippen molar-refractivity contribution in [2.75, 3.05) is 11.9 Å². The molecule has 3 aromatic rings. The Hall–Kier alpha value is -3.13. The molecule has 0 spiro atoms. The van der Waals surface area contributed by atoms with Crippen LogP contribution in [0.3, 0.4) is 0 Å². The summed E-state index contributed by atoms with van der Waals surface area (Å²) in [5, 5.41) is 3.22. The second-order valence-corrected chi connectivity index (χ2v) is 6.86. The number of ether oxygens (including phenoxy) is 2. The van der Waals surface area contributed by atoms with Gasteiger partial charge in [-0.25, -0.2) is 9.18 Å². The van der Waals surface area contributed by atoms with Crippen molar-refractivity contribution in [2.24, 2.45) is 0 Å². The van der Waals surface area contributed by atoms with Crippen molar-refractivity contribution in [3.8, 4) is 5.75 Å². The molecule has 1 N–H and O–H groups in total. The summed E-state index contributed by atoms with van der Waals surface area (Å²) in [4.78, 5) is 24.7. The average molecular weight is 403 g/mol. The molecule has 28 heavy (non-hydrogen) atoms. The maximum atomic E-state index is 12.9. The largest absolute Gasteiger partial charge is 0.486 e. The summed E-state index contributed by atoms with van der Waals surface area (Å²) in [6, 6.07) is 10.5. The molecule has 0 aliphatic heterocycles. The summed E-state index contributed by atoms with van der Waals surface area (Å²) in [6.07, 6.45) is 0. The van der Waals surface area contributed by atoms with Gasteiger partial charge in [0, 0.05) is 0 Å². The number of anilines is 1. The van der Waals surface area contributed by atoms with Gasteiger partial charge in [0.25, 0.3) is 5.91 Å². The van der Waals surface area contributed by atoms with Gasteiger partial charge in [-0.1, -0.05) is 0 Å². The molecule has 0 aliphatic rings. The van der Waals surface area contributed by atoms with Crippen molar-refractivity contribution < 1.29 is 27.9 Å². The van der Waals surface area contributed by atoms with E-state index in [1.54, 1.807) is 26.0 Å². The summed E-state index contributed by atoms with van der Waals surface area (Å²) in [5.74, 6) is -0.150. The van der Waals surface area contributed by atoms with E-state index < -0.39 is 11.9 Å². The van der Waals surface area contributed by atoms with E-state index in [1.165, 1.54) is 30.3 Å². The molecule has 0 unspecified atom stereocenters. The number of furan rings is 1. The highest BCUT2D eigenvalue weighted by Crippen LogP contribution is 2.28. The number of thiophene rings is 1. The summed E-state index contributed by atoms with van der Waals surface area (Å²) in [7, 11) is 0. The molecule has 2 heterocycles. The van der Waals surface area contributed by atoms with Gasteiger partial charge in [-0.15, -0.1) is 11.3 Å². The molecule has 0 atom stereocenters. The van der Waals surface area contributed by atoms with Crippen LogP contribution in [0, 0.1) is 12.7 Å². The van der Waals surface area contributed by atoms with Crippen molar-refractivity contribution in [2.45, 2.75) is 20.5 Å². The lowest BCUT2D eigenvalue weighted by Gasteiger charge is -2.03. The fraction of sp³-hybridized carbons (Fsp3) is 0.200. The Bertz CT molecular complexity index is 977. The van der Waals surface area contributed by atoms with Crippen LogP contribution in [0.4, 0.5) is 9.39 Å². The number of nitrogens with one attached hydrogen (secondary N) is 1. The quantitative estimate of drug-likeness (QED) is 0.574. The molecule has 0 saturated heterocycles. The van der Waals surface area contributed by atoms with E-state index in [0.717, 1.165) is 16.9 Å². The summed E-state index contributed by atoms with van der Waals surface area (Å²) < 4.78 is 28.9. The lowest BCUT2D eigenvalue weighted by Crippen LogP contribution is -2.09. The number of aryl methyl sites for hydroxylation is 1. The minimum absolute atomic E-state index is 0.101. The number of carbonyl (C=O) groups excluding carboxylic acids is 2. The standard InChI is InChI=1S/C20H18FNO5S/c1-3-25-20(24)18-12(2)10-17(28-18)22-19(23)16-9-8-15(27-16)11-26-14-6-4-13(21)5-7-14/h4-10H,3,11H2,1-2H3,(H,22,23). The van der Waals surface area contributed by atoms with Crippen LogP contribution in [-0.2, 0) is 11.3 Å². The molecule has 0 aliphatic carbocycles. The van der Waals surface area contributed by atoms with Crippen molar-refractivity contribution in [3.63, 3.8) is 0 Å². The SMILES string of the molecule is CCOC(=O)c1sc(NC(=O)c2ccc(COc3ccc(F)cc3)o2)cc1C. The Labute approximate surface area is 164 Å². The fourth-order valence-electron chi connectivity index (χ4n) is 2.38. The van der Waals surface area contributed by atoms with Crippen LogP contribution in [0.15, 0.2) is 46.9 Å². The second-order valence-electron chi connectivity index (χ2n) is 5.81. The predicted molar refractivity (Wildman–Crippen MR) is 102 cm³/mol. The van der Waals surface area contributed by atoms with Crippen LogP contribution < -0.4 is 10.1 Å². The first-order valence-corrected chi connectivity index (χ1v) is 9.34. The topological polar surface area (TPSA) is 77.8 Å². The number of carbonyl (C=O) groups is 2. The number of hydrogen-bond acceptors (Lipinski definition) is 6. The molecule has 1 aromatic carbocycles. The van der Waals surface area contributed by atoms with Crippen LogP contribution in [0.2, 0.25) is 0 Å². The van der Waals surface area contributed by atoms with Gasteiger partial charge >= 0.3 is 5.97 Å². The van der Waals surface area contributed by atoms with Crippen LogP contribution in [0.25, 0.3) is 0 Å². The van der Waals surface area contributed by atoms with Crippen molar-refractivity contribution in [3.05, 3.63) is 70.2 Å². The van der Waals surface area contributed by atoms with Gasteiger partial charge in [-0.05, 0) is 61.9 Å². The smallest absolute Gasteiger partial charge is 0.348 e. The molecule has 0 radical (unpaired) electrons. The van der Waals surface area contributed by atoms with Gasteiger partial charge in [0.1, 0.15) is 28.8 Å². The Morgan fingerprint density at radius 1 is 1.18 bits per heavy atom. The lowest BCUT2D eigenvalue weighted by atomic mass is 10.3. The number of esters is 1. The van der Waals surface area contributed by atoms with Gasteiger partial charge in [0.15, 0.2) is 5.76 Å². The van der Waals surface area contributed by atoms with E-state index >= 15 is 0 Å².